The zero-order chi connectivity index (χ0) is 20.7. The van der Waals surface area contributed by atoms with E-state index < -0.39 is 11.7 Å². The summed E-state index contributed by atoms with van der Waals surface area (Å²) in [7, 11) is 5.05. The van der Waals surface area contributed by atoms with E-state index >= 15 is 0 Å². The normalized spacial score (nSPS) is 11.6. The topological polar surface area (TPSA) is 74.6 Å². The Morgan fingerprint density at radius 3 is 2.55 bits per heavy atom. The number of alkyl halides is 3. The SMILES string of the molecule is CN(C)C(=O)CNC(=NCc1cccc(C(F)(F)F)c1)NCc1ccnn1C.I. The van der Waals surface area contributed by atoms with E-state index in [1.807, 2.05) is 6.07 Å². The van der Waals surface area contributed by atoms with Crippen LogP contribution < -0.4 is 10.6 Å². The number of halogens is 4. The summed E-state index contributed by atoms with van der Waals surface area (Å²) >= 11 is 0. The van der Waals surface area contributed by atoms with Gasteiger partial charge in [-0.2, -0.15) is 18.3 Å². The van der Waals surface area contributed by atoms with E-state index in [2.05, 4.69) is 20.7 Å². The predicted octanol–water partition coefficient (Wildman–Crippen LogP) is 2.38. The molecule has 1 heterocycles. The monoisotopic (exact) mass is 524 g/mol. The van der Waals surface area contributed by atoms with Gasteiger partial charge in [0.25, 0.3) is 0 Å². The van der Waals surface area contributed by atoms with Crippen molar-refractivity contribution < 1.29 is 18.0 Å². The first-order chi connectivity index (χ1) is 13.2. The van der Waals surface area contributed by atoms with E-state index in [1.165, 1.54) is 11.0 Å². The van der Waals surface area contributed by atoms with Gasteiger partial charge in [0, 0.05) is 27.3 Å². The first-order valence-corrected chi connectivity index (χ1v) is 8.52. The summed E-state index contributed by atoms with van der Waals surface area (Å²) in [5.41, 5.74) is 0.572. The second-order valence-corrected chi connectivity index (χ2v) is 6.30. The molecule has 0 aliphatic rings. The van der Waals surface area contributed by atoms with Gasteiger partial charge in [-0.3, -0.25) is 9.48 Å². The number of rotatable bonds is 6. The molecular weight excluding hydrogens is 500 g/mol. The first-order valence-electron chi connectivity index (χ1n) is 8.52. The third-order valence-electron chi connectivity index (χ3n) is 3.94. The van der Waals surface area contributed by atoms with Gasteiger partial charge in [0.15, 0.2) is 5.96 Å². The lowest BCUT2D eigenvalue weighted by atomic mass is 10.1. The standard InChI is InChI=1S/C18H23F3N6O.HI/c1-26(2)16(28)12-24-17(23-11-15-7-8-25-27(15)3)22-10-13-5-4-6-14(9-13)18(19,20)21;/h4-9H,10-12H2,1-3H3,(H2,22,23,24);1H. The lowest BCUT2D eigenvalue weighted by Crippen LogP contribution is -2.42. The van der Waals surface area contributed by atoms with E-state index in [9.17, 15) is 18.0 Å². The summed E-state index contributed by atoms with van der Waals surface area (Å²) in [5, 5.41) is 10.0. The quantitative estimate of drug-likeness (QED) is 0.346. The molecule has 7 nitrogen and oxygen atoms in total. The van der Waals surface area contributed by atoms with E-state index in [4.69, 9.17) is 0 Å². The van der Waals surface area contributed by atoms with Crippen LogP contribution >= 0.6 is 24.0 Å². The molecule has 0 aliphatic heterocycles. The van der Waals surface area contributed by atoms with Crippen LogP contribution in [-0.4, -0.2) is 47.2 Å². The van der Waals surface area contributed by atoms with Crippen LogP contribution in [0.25, 0.3) is 0 Å². The number of aryl methyl sites for hydroxylation is 1. The molecule has 0 saturated carbocycles. The van der Waals surface area contributed by atoms with Gasteiger partial charge in [0.2, 0.25) is 5.91 Å². The number of aliphatic imine (C=N–C) groups is 1. The highest BCUT2D eigenvalue weighted by Crippen LogP contribution is 2.29. The number of hydrogen-bond donors (Lipinski definition) is 2. The van der Waals surface area contributed by atoms with Crippen LogP contribution in [0, 0.1) is 0 Å². The summed E-state index contributed by atoms with van der Waals surface area (Å²) in [6.07, 6.45) is -2.75. The van der Waals surface area contributed by atoms with Gasteiger partial charge < -0.3 is 15.5 Å². The fraction of sp³-hybridized carbons (Fsp3) is 0.389. The molecule has 160 valence electrons. The van der Waals surface area contributed by atoms with Crippen LogP contribution in [0.2, 0.25) is 0 Å². The third kappa shape index (κ3) is 7.91. The highest BCUT2D eigenvalue weighted by atomic mass is 127. The van der Waals surface area contributed by atoms with Crippen molar-refractivity contribution >= 4 is 35.8 Å². The number of aromatic nitrogens is 2. The van der Waals surface area contributed by atoms with Gasteiger partial charge in [-0.05, 0) is 23.8 Å². The molecule has 1 amide bonds. The average Bonchev–Trinajstić information content (AvgIpc) is 3.05. The largest absolute Gasteiger partial charge is 0.416 e. The molecule has 11 heteroatoms. The van der Waals surface area contributed by atoms with E-state index in [0.29, 0.717) is 18.1 Å². The summed E-state index contributed by atoms with van der Waals surface area (Å²) in [6, 6.07) is 6.82. The number of guanidine groups is 1. The Balaban J connectivity index is 0.00000420. The van der Waals surface area contributed by atoms with Crippen LogP contribution in [0.15, 0.2) is 41.5 Å². The zero-order valence-electron chi connectivity index (χ0n) is 16.3. The van der Waals surface area contributed by atoms with Crippen molar-refractivity contribution in [3.63, 3.8) is 0 Å². The number of hydrogen-bond acceptors (Lipinski definition) is 3. The number of likely N-dealkylation sites (N-methyl/N-ethyl adjacent to an activating group) is 1. The summed E-state index contributed by atoms with van der Waals surface area (Å²) in [6.45, 7) is 0.425. The second kappa shape index (κ2) is 11.0. The maximum atomic E-state index is 12.9. The summed E-state index contributed by atoms with van der Waals surface area (Å²) in [4.78, 5) is 17.5. The fourth-order valence-corrected chi connectivity index (χ4v) is 2.26. The number of benzene rings is 1. The van der Waals surface area contributed by atoms with Crippen LogP contribution in [-0.2, 0) is 31.1 Å². The van der Waals surface area contributed by atoms with Gasteiger partial charge in [0.05, 0.1) is 30.9 Å². The molecule has 2 N–H and O–H groups in total. The Hall–Kier alpha value is -2.31. The molecule has 0 aliphatic carbocycles. The van der Waals surface area contributed by atoms with E-state index in [1.54, 1.807) is 38.1 Å². The van der Waals surface area contributed by atoms with Gasteiger partial charge in [-0.15, -0.1) is 24.0 Å². The molecule has 0 atom stereocenters. The van der Waals surface area contributed by atoms with Crippen molar-refractivity contribution in [1.29, 1.82) is 0 Å². The Morgan fingerprint density at radius 1 is 1.24 bits per heavy atom. The van der Waals surface area contributed by atoms with Crippen LogP contribution in [0.4, 0.5) is 13.2 Å². The molecule has 0 radical (unpaired) electrons. The molecule has 0 fully saturated rings. The molecule has 1 aromatic heterocycles. The van der Waals surface area contributed by atoms with Crippen molar-refractivity contribution in [2.45, 2.75) is 19.3 Å². The highest BCUT2D eigenvalue weighted by Gasteiger charge is 2.30. The average molecular weight is 524 g/mol. The van der Waals surface area contributed by atoms with Crippen LogP contribution in [0.1, 0.15) is 16.8 Å². The minimum Gasteiger partial charge on any atom is -0.351 e. The van der Waals surface area contributed by atoms with Crippen molar-refractivity contribution in [3.8, 4) is 0 Å². The van der Waals surface area contributed by atoms with Gasteiger partial charge in [-0.1, -0.05) is 12.1 Å². The Labute approximate surface area is 184 Å². The van der Waals surface area contributed by atoms with Gasteiger partial charge >= 0.3 is 6.18 Å². The molecule has 0 unspecified atom stereocenters. The molecular formula is C18H24F3IN6O. The van der Waals surface area contributed by atoms with E-state index in [-0.39, 0.29) is 43.0 Å². The second-order valence-electron chi connectivity index (χ2n) is 6.30. The van der Waals surface area contributed by atoms with Crippen LogP contribution in [0.5, 0.6) is 0 Å². The molecule has 2 rings (SSSR count). The maximum absolute atomic E-state index is 12.9. The van der Waals surface area contributed by atoms with Crippen molar-refractivity contribution in [3.05, 3.63) is 53.3 Å². The van der Waals surface area contributed by atoms with Crippen molar-refractivity contribution in [2.75, 3.05) is 20.6 Å². The smallest absolute Gasteiger partial charge is 0.351 e. The molecule has 29 heavy (non-hydrogen) atoms. The Kier molecular flexibility index (Phi) is 9.40. The zero-order valence-corrected chi connectivity index (χ0v) is 18.7. The number of carbonyl (C=O) groups is 1. The molecule has 0 saturated heterocycles. The van der Waals surface area contributed by atoms with Gasteiger partial charge in [-0.25, -0.2) is 4.99 Å². The van der Waals surface area contributed by atoms with E-state index in [0.717, 1.165) is 17.8 Å². The lowest BCUT2D eigenvalue weighted by molar-refractivity contribution is -0.137. The number of nitrogens with one attached hydrogen (secondary N) is 2. The Bertz CT molecular complexity index is 835. The molecule has 1 aromatic carbocycles. The van der Waals surface area contributed by atoms with Crippen LogP contribution in [0.3, 0.4) is 0 Å². The predicted molar refractivity (Wildman–Crippen MR) is 115 cm³/mol. The Morgan fingerprint density at radius 2 is 1.97 bits per heavy atom. The molecule has 0 spiro atoms. The minimum atomic E-state index is -4.41. The highest BCUT2D eigenvalue weighted by molar-refractivity contribution is 14.0. The number of nitrogens with zero attached hydrogens (tertiary/aromatic N) is 4. The third-order valence-corrected chi connectivity index (χ3v) is 3.94. The number of carbonyl (C=O) groups excluding carboxylic acids is 1. The van der Waals surface area contributed by atoms with Gasteiger partial charge in [0.1, 0.15) is 0 Å². The first kappa shape index (κ1) is 24.7. The van der Waals surface area contributed by atoms with Crippen molar-refractivity contribution in [2.24, 2.45) is 12.0 Å². The van der Waals surface area contributed by atoms with Crippen molar-refractivity contribution in [1.82, 2.24) is 25.3 Å². The minimum absolute atomic E-state index is 0. The maximum Gasteiger partial charge on any atom is 0.416 e. The summed E-state index contributed by atoms with van der Waals surface area (Å²) in [5.74, 6) is 0.155. The summed E-state index contributed by atoms with van der Waals surface area (Å²) < 4.78 is 40.3. The lowest BCUT2D eigenvalue weighted by Gasteiger charge is -2.15. The fourth-order valence-electron chi connectivity index (χ4n) is 2.26. The molecule has 2 aromatic rings. The molecule has 0 bridgehead atoms. The number of amides is 1.